The van der Waals surface area contributed by atoms with Crippen molar-refractivity contribution in [1.82, 2.24) is 5.32 Å². The molecule has 0 aromatic heterocycles. The first-order chi connectivity index (χ1) is 10.0. The second-order valence-corrected chi connectivity index (χ2v) is 7.53. The third kappa shape index (κ3) is 4.61. The Balaban J connectivity index is 2.02. The van der Waals surface area contributed by atoms with Crippen LogP contribution in [0.5, 0.6) is 11.5 Å². The molecule has 2 rings (SSSR count). The highest BCUT2D eigenvalue weighted by Crippen LogP contribution is 2.30. The summed E-state index contributed by atoms with van der Waals surface area (Å²) in [5.41, 5.74) is 1.12. The van der Waals surface area contributed by atoms with E-state index < -0.39 is 9.84 Å². The van der Waals surface area contributed by atoms with Gasteiger partial charge in [0.1, 0.15) is 6.10 Å². The molecule has 1 aliphatic heterocycles. The minimum absolute atomic E-state index is 0.0932. The second-order valence-electron chi connectivity index (χ2n) is 5.30. The fourth-order valence-electron chi connectivity index (χ4n) is 2.36. The highest BCUT2D eigenvalue weighted by atomic mass is 32.2. The van der Waals surface area contributed by atoms with Crippen molar-refractivity contribution in [3.05, 3.63) is 23.8 Å². The maximum atomic E-state index is 11.5. The fourth-order valence-corrected chi connectivity index (χ4v) is 3.95. The van der Waals surface area contributed by atoms with Crippen LogP contribution < -0.4 is 14.8 Å². The molecule has 1 N–H and O–H groups in total. The molecule has 1 unspecified atom stereocenters. The van der Waals surface area contributed by atoms with Gasteiger partial charge in [-0.1, -0.05) is 13.0 Å². The van der Waals surface area contributed by atoms with Crippen LogP contribution in [-0.4, -0.2) is 39.7 Å². The molecule has 1 atom stereocenters. The van der Waals surface area contributed by atoms with Crippen molar-refractivity contribution in [2.24, 2.45) is 0 Å². The Morgan fingerprint density at radius 2 is 2.14 bits per heavy atom. The molecule has 1 heterocycles. The number of ether oxygens (including phenoxy) is 2. The quantitative estimate of drug-likeness (QED) is 0.777. The number of hydrogen-bond donors (Lipinski definition) is 1. The van der Waals surface area contributed by atoms with Gasteiger partial charge in [-0.2, -0.15) is 0 Å². The van der Waals surface area contributed by atoms with Crippen LogP contribution in [0.4, 0.5) is 0 Å². The van der Waals surface area contributed by atoms with Gasteiger partial charge in [0.25, 0.3) is 0 Å². The molecule has 0 bridgehead atoms. The SMILES string of the molecule is CCCNCc1ccc(OC2CCS(=O)(=O)C2)c(OC)c1. The van der Waals surface area contributed by atoms with Gasteiger partial charge in [-0.05, 0) is 37.1 Å². The molecule has 0 spiro atoms. The Kier molecular flexibility index (Phi) is 5.47. The van der Waals surface area contributed by atoms with Gasteiger partial charge < -0.3 is 14.8 Å². The third-order valence-electron chi connectivity index (χ3n) is 3.47. The average Bonchev–Trinajstić information content (AvgIpc) is 2.79. The summed E-state index contributed by atoms with van der Waals surface area (Å²) < 4.78 is 34.1. The van der Waals surface area contributed by atoms with E-state index in [2.05, 4.69) is 12.2 Å². The van der Waals surface area contributed by atoms with Crippen LogP contribution in [0.1, 0.15) is 25.3 Å². The first-order valence-corrected chi connectivity index (χ1v) is 9.11. The highest BCUT2D eigenvalue weighted by molar-refractivity contribution is 7.91. The smallest absolute Gasteiger partial charge is 0.161 e. The largest absolute Gasteiger partial charge is 0.493 e. The summed E-state index contributed by atoms with van der Waals surface area (Å²) in [5, 5.41) is 3.33. The molecule has 0 aliphatic carbocycles. The zero-order valence-corrected chi connectivity index (χ0v) is 13.4. The zero-order chi connectivity index (χ0) is 15.3. The van der Waals surface area contributed by atoms with E-state index in [1.54, 1.807) is 7.11 Å². The average molecular weight is 313 g/mol. The molecule has 5 nitrogen and oxygen atoms in total. The van der Waals surface area contributed by atoms with Gasteiger partial charge >= 0.3 is 0 Å². The van der Waals surface area contributed by atoms with Crippen LogP contribution in [0.3, 0.4) is 0 Å². The molecule has 1 saturated heterocycles. The minimum atomic E-state index is -2.93. The predicted molar refractivity (Wildman–Crippen MR) is 82.7 cm³/mol. The second kappa shape index (κ2) is 7.13. The number of methoxy groups -OCH3 is 1. The van der Waals surface area contributed by atoms with Gasteiger partial charge in [0.2, 0.25) is 0 Å². The monoisotopic (exact) mass is 313 g/mol. The van der Waals surface area contributed by atoms with E-state index in [9.17, 15) is 8.42 Å². The molecule has 0 amide bonds. The summed E-state index contributed by atoms with van der Waals surface area (Å²) in [5.74, 6) is 1.56. The zero-order valence-electron chi connectivity index (χ0n) is 12.6. The van der Waals surface area contributed by atoms with Crippen molar-refractivity contribution < 1.29 is 17.9 Å². The topological polar surface area (TPSA) is 64.6 Å². The van der Waals surface area contributed by atoms with Crippen molar-refractivity contribution in [2.75, 3.05) is 25.2 Å². The van der Waals surface area contributed by atoms with Gasteiger partial charge in [-0.15, -0.1) is 0 Å². The lowest BCUT2D eigenvalue weighted by Crippen LogP contribution is -2.18. The standard InChI is InChI=1S/C15H23NO4S/c1-3-7-16-10-12-4-5-14(15(9-12)19-2)20-13-6-8-21(17,18)11-13/h4-5,9,13,16H,3,6-8,10-11H2,1-2H3. The van der Waals surface area contributed by atoms with Gasteiger partial charge in [-0.3, -0.25) is 0 Å². The number of nitrogens with one attached hydrogen (secondary N) is 1. The Hall–Kier alpha value is -1.27. The highest BCUT2D eigenvalue weighted by Gasteiger charge is 2.30. The molecule has 1 fully saturated rings. The normalized spacial score (nSPS) is 20.4. The molecule has 1 aliphatic rings. The first kappa shape index (κ1) is 16.1. The summed E-state index contributed by atoms with van der Waals surface area (Å²) in [6.45, 7) is 3.88. The van der Waals surface area contributed by atoms with Gasteiger partial charge in [-0.25, -0.2) is 8.42 Å². The van der Waals surface area contributed by atoms with Crippen molar-refractivity contribution in [3.63, 3.8) is 0 Å². The molecule has 0 radical (unpaired) electrons. The summed E-state index contributed by atoms with van der Waals surface area (Å²) in [6, 6.07) is 5.76. The lowest BCUT2D eigenvalue weighted by molar-refractivity contribution is 0.218. The van der Waals surface area contributed by atoms with Crippen molar-refractivity contribution in [3.8, 4) is 11.5 Å². The Bertz CT molecular complexity index is 571. The van der Waals surface area contributed by atoms with Gasteiger partial charge in [0.05, 0.1) is 18.6 Å². The van der Waals surface area contributed by atoms with Crippen molar-refractivity contribution in [2.45, 2.75) is 32.4 Å². The third-order valence-corrected chi connectivity index (χ3v) is 5.21. The Labute approximate surface area is 126 Å². The van der Waals surface area contributed by atoms with Crippen LogP contribution in [-0.2, 0) is 16.4 Å². The van der Waals surface area contributed by atoms with E-state index in [0.29, 0.717) is 17.9 Å². The van der Waals surface area contributed by atoms with E-state index in [1.165, 1.54) is 0 Å². The minimum Gasteiger partial charge on any atom is -0.493 e. The lowest BCUT2D eigenvalue weighted by Gasteiger charge is -2.16. The number of rotatable bonds is 7. The molecule has 118 valence electrons. The fraction of sp³-hybridized carbons (Fsp3) is 0.600. The molecular formula is C15H23NO4S. The molecule has 1 aromatic rings. The van der Waals surface area contributed by atoms with Crippen LogP contribution in [0.2, 0.25) is 0 Å². The molecular weight excluding hydrogens is 290 g/mol. The number of benzene rings is 1. The summed E-state index contributed by atoms with van der Waals surface area (Å²) in [6.07, 6.45) is 1.37. The number of sulfone groups is 1. The Morgan fingerprint density at radius 1 is 1.33 bits per heavy atom. The summed E-state index contributed by atoms with van der Waals surface area (Å²) in [7, 11) is -1.34. The predicted octanol–water partition coefficient (Wildman–Crippen LogP) is 1.76. The Morgan fingerprint density at radius 3 is 2.76 bits per heavy atom. The number of hydrogen-bond acceptors (Lipinski definition) is 5. The molecule has 21 heavy (non-hydrogen) atoms. The molecule has 6 heteroatoms. The van der Waals surface area contributed by atoms with E-state index in [-0.39, 0.29) is 17.6 Å². The maximum Gasteiger partial charge on any atom is 0.161 e. The van der Waals surface area contributed by atoms with Gasteiger partial charge in [0.15, 0.2) is 21.3 Å². The van der Waals surface area contributed by atoms with Gasteiger partial charge in [0, 0.05) is 6.54 Å². The first-order valence-electron chi connectivity index (χ1n) is 7.29. The van der Waals surface area contributed by atoms with Crippen LogP contribution in [0, 0.1) is 0 Å². The molecule has 0 saturated carbocycles. The van der Waals surface area contributed by atoms with E-state index in [1.807, 2.05) is 18.2 Å². The molecule has 1 aromatic carbocycles. The van der Waals surface area contributed by atoms with Crippen LogP contribution in [0.25, 0.3) is 0 Å². The lowest BCUT2D eigenvalue weighted by atomic mass is 10.2. The van der Waals surface area contributed by atoms with Crippen LogP contribution >= 0.6 is 0 Å². The van der Waals surface area contributed by atoms with Crippen LogP contribution in [0.15, 0.2) is 18.2 Å². The van der Waals surface area contributed by atoms with E-state index in [4.69, 9.17) is 9.47 Å². The maximum absolute atomic E-state index is 11.5. The van der Waals surface area contributed by atoms with E-state index in [0.717, 1.165) is 25.1 Å². The summed E-state index contributed by atoms with van der Waals surface area (Å²) >= 11 is 0. The van der Waals surface area contributed by atoms with E-state index >= 15 is 0 Å². The van der Waals surface area contributed by atoms with Crippen molar-refractivity contribution in [1.29, 1.82) is 0 Å². The van der Waals surface area contributed by atoms with Crippen molar-refractivity contribution >= 4 is 9.84 Å². The summed E-state index contributed by atoms with van der Waals surface area (Å²) in [4.78, 5) is 0.